The number of amides is 1. The molecule has 1 rings (SSSR count). The fraction of sp³-hybridized carbons (Fsp3) is 0.636. The summed E-state index contributed by atoms with van der Waals surface area (Å²) in [6.07, 6.45) is 1.31. The Morgan fingerprint density at radius 1 is 1.56 bits per heavy atom. The van der Waals surface area contributed by atoms with E-state index in [1.165, 1.54) is 0 Å². The maximum absolute atomic E-state index is 11.9. The topological polar surface area (TPSA) is 47.4 Å². The van der Waals surface area contributed by atoms with E-state index in [4.69, 9.17) is 4.74 Å². The van der Waals surface area contributed by atoms with Gasteiger partial charge >= 0.3 is 6.09 Å². The number of hydrogen-bond acceptors (Lipinski definition) is 3. The van der Waals surface area contributed by atoms with Gasteiger partial charge in [0.15, 0.2) is 0 Å². The lowest BCUT2D eigenvalue weighted by molar-refractivity contribution is 0.0580. The van der Waals surface area contributed by atoms with Crippen LogP contribution in [0.3, 0.4) is 0 Å². The van der Waals surface area contributed by atoms with Gasteiger partial charge in [-0.1, -0.05) is 0 Å². The molecule has 0 saturated carbocycles. The monoisotopic (exact) mass is 225 g/mol. The molecule has 0 unspecified atom stereocenters. The molecular weight excluding hydrogens is 206 g/mol. The summed E-state index contributed by atoms with van der Waals surface area (Å²) >= 11 is 0. The first-order valence-corrected chi connectivity index (χ1v) is 5.33. The number of hydrogen-bond donors (Lipinski definition) is 0. The van der Waals surface area contributed by atoms with Crippen molar-refractivity contribution in [1.82, 2.24) is 9.78 Å². The van der Waals surface area contributed by atoms with Crippen LogP contribution in [-0.4, -0.2) is 28.0 Å². The van der Waals surface area contributed by atoms with Crippen molar-refractivity contribution in [1.29, 1.82) is 0 Å². The van der Waals surface area contributed by atoms with E-state index in [1.807, 2.05) is 27.7 Å². The van der Waals surface area contributed by atoms with Crippen molar-refractivity contribution in [3.63, 3.8) is 0 Å². The summed E-state index contributed by atoms with van der Waals surface area (Å²) in [6, 6.07) is 1.79. The molecule has 1 heterocycles. The number of carbonyl (C=O) groups is 1. The third kappa shape index (κ3) is 2.98. The van der Waals surface area contributed by atoms with Gasteiger partial charge in [0.25, 0.3) is 0 Å². The number of rotatable bonds is 2. The van der Waals surface area contributed by atoms with Crippen LogP contribution in [0.1, 0.15) is 27.7 Å². The molecule has 0 aromatic carbocycles. The molecule has 0 fully saturated rings. The zero-order valence-electron chi connectivity index (χ0n) is 10.5. The first kappa shape index (κ1) is 12.5. The second-order valence-electron chi connectivity index (χ2n) is 4.54. The number of carbonyl (C=O) groups excluding carboxylic acids is 1. The minimum absolute atomic E-state index is 0.349. The van der Waals surface area contributed by atoms with E-state index in [0.717, 1.165) is 5.82 Å². The Morgan fingerprint density at radius 2 is 2.19 bits per heavy atom. The third-order valence-electron chi connectivity index (χ3n) is 2.00. The molecule has 0 saturated heterocycles. The molecule has 0 N–H and O–H groups in total. The molecule has 1 aromatic rings. The average molecular weight is 225 g/mol. The Bertz CT molecular complexity index is 366. The van der Waals surface area contributed by atoms with Crippen LogP contribution in [0.25, 0.3) is 0 Å². The Balaban J connectivity index is 2.84. The molecule has 5 heteroatoms. The van der Waals surface area contributed by atoms with Crippen molar-refractivity contribution < 1.29 is 9.53 Å². The van der Waals surface area contributed by atoms with E-state index in [9.17, 15) is 4.79 Å². The first-order chi connectivity index (χ1) is 7.35. The van der Waals surface area contributed by atoms with Crippen molar-refractivity contribution in [2.24, 2.45) is 7.05 Å². The number of aryl methyl sites for hydroxylation is 1. The van der Waals surface area contributed by atoms with Crippen LogP contribution < -0.4 is 4.90 Å². The zero-order valence-corrected chi connectivity index (χ0v) is 10.5. The molecule has 0 radical (unpaired) electrons. The van der Waals surface area contributed by atoms with Crippen molar-refractivity contribution in [3.05, 3.63) is 12.3 Å². The normalized spacial score (nSPS) is 11.3. The number of nitrogens with zero attached hydrogens (tertiary/aromatic N) is 3. The molecule has 0 spiro atoms. The summed E-state index contributed by atoms with van der Waals surface area (Å²) in [4.78, 5) is 13.5. The highest BCUT2D eigenvalue weighted by atomic mass is 16.6. The Labute approximate surface area is 96.0 Å². The van der Waals surface area contributed by atoms with Crippen molar-refractivity contribution in [3.8, 4) is 0 Å². The van der Waals surface area contributed by atoms with Crippen molar-refractivity contribution in [2.75, 3.05) is 11.4 Å². The molecular formula is C11H19N3O2. The molecule has 1 amide bonds. The summed E-state index contributed by atoms with van der Waals surface area (Å²) in [7, 11) is 1.79. The van der Waals surface area contributed by atoms with E-state index in [2.05, 4.69) is 5.10 Å². The minimum atomic E-state index is -0.483. The van der Waals surface area contributed by atoms with E-state index in [1.54, 1.807) is 28.9 Å². The molecule has 16 heavy (non-hydrogen) atoms. The van der Waals surface area contributed by atoms with E-state index in [0.29, 0.717) is 6.54 Å². The molecule has 0 aliphatic heterocycles. The van der Waals surface area contributed by atoms with Gasteiger partial charge in [-0.3, -0.25) is 9.58 Å². The van der Waals surface area contributed by atoms with Crippen molar-refractivity contribution >= 4 is 11.9 Å². The van der Waals surface area contributed by atoms with Crippen LogP contribution in [0.4, 0.5) is 10.6 Å². The molecule has 0 aliphatic carbocycles. The van der Waals surface area contributed by atoms with Gasteiger partial charge in [-0.2, -0.15) is 5.10 Å². The van der Waals surface area contributed by atoms with Crippen LogP contribution in [-0.2, 0) is 11.8 Å². The maximum atomic E-state index is 11.9. The fourth-order valence-corrected chi connectivity index (χ4v) is 1.33. The van der Waals surface area contributed by atoms with Crippen LogP contribution in [0.15, 0.2) is 12.3 Å². The lowest BCUT2D eigenvalue weighted by Crippen LogP contribution is -2.37. The largest absolute Gasteiger partial charge is 0.443 e. The quantitative estimate of drug-likeness (QED) is 0.775. The van der Waals surface area contributed by atoms with Gasteiger partial charge < -0.3 is 4.74 Å². The number of aromatic nitrogens is 2. The molecule has 0 bridgehead atoms. The van der Waals surface area contributed by atoms with Gasteiger partial charge in [0.2, 0.25) is 0 Å². The van der Waals surface area contributed by atoms with Gasteiger partial charge in [-0.15, -0.1) is 0 Å². The Morgan fingerprint density at radius 3 is 2.56 bits per heavy atom. The Kier molecular flexibility index (Phi) is 3.57. The smallest absolute Gasteiger partial charge is 0.415 e. The summed E-state index contributed by atoms with van der Waals surface area (Å²) in [5.41, 5.74) is -0.483. The summed E-state index contributed by atoms with van der Waals surface area (Å²) in [6.45, 7) is 8.00. The summed E-state index contributed by atoms with van der Waals surface area (Å²) in [5.74, 6) is 0.733. The van der Waals surface area contributed by atoms with Gasteiger partial charge in [0.1, 0.15) is 11.4 Å². The lowest BCUT2D eigenvalue weighted by Gasteiger charge is -2.26. The molecule has 5 nitrogen and oxygen atoms in total. The molecule has 0 aliphatic rings. The molecule has 90 valence electrons. The first-order valence-electron chi connectivity index (χ1n) is 5.33. The standard InChI is InChI=1S/C11H19N3O2/c1-6-14(9-7-8-12-13(9)5)10(15)16-11(2,3)4/h7-8H,6H2,1-5H3. The van der Waals surface area contributed by atoms with Gasteiger partial charge in [0, 0.05) is 19.7 Å². The van der Waals surface area contributed by atoms with E-state index in [-0.39, 0.29) is 6.09 Å². The predicted octanol–water partition coefficient (Wildman–Crippen LogP) is 2.18. The third-order valence-corrected chi connectivity index (χ3v) is 2.00. The SMILES string of the molecule is CCN(C(=O)OC(C)(C)C)c1ccnn1C. The second-order valence-corrected chi connectivity index (χ2v) is 4.54. The predicted molar refractivity (Wildman–Crippen MR) is 62.5 cm³/mol. The highest BCUT2D eigenvalue weighted by Crippen LogP contribution is 2.16. The van der Waals surface area contributed by atoms with Gasteiger partial charge in [-0.05, 0) is 27.7 Å². The molecule has 0 atom stereocenters. The fourth-order valence-electron chi connectivity index (χ4n) is 1.33. The summed E-state index contributed by atoms with van der Waals surface area (Å²) < 4.78 is 6.96. The van der Waals surface area contributed by atoms with Crippen LogP contribution in [0.2, 0.25) is 0 Å². The van der Waals surface area contributed by atoms with Crippen LogP contribution >= 0.6 is 0 Å². The summed E-state index contributed by atoms with van der Waals surface area (Å²) in [5, 5.41) is 4.03. The van der Waals surface area contributed by atoms with Crippen LogP contribution in [0, 0.1) is 0 Å². The highest BCUT2D eigenvalue weighted by Gasteiger charge is 2.23. The Hall–Kier alpha value is -1.52. The molecule has 1 aromatic heterocycles. The number of ether oxygens (including phenoxy) is 1. The average Bonchev–Trinajstić information content (AvgIpc) is 2.50. The van der Waals surface area contributed by atoms with Gasteiger partial charge in [-0.25, -0.2) is 4.79 Å². The van der Waals surface area contributed by atoms with E-state index >= 15 is 0 Å². The maximum Gasteiger partial charge on any atom is 0.415 e. The minimum Gasteiger partial charge on any atom is -0.443 e. The lowest BCUT2D eigenvalue weighted by atomic mass is 10.2. The van der Waals surface area contributed by atoms with Crippen LogP contribution in [0.5, 0.6) is 0 Å². The van der Waals surface area contributed by atoms with Gasteiger partial charge in [0.05, 0.1) is 6.20 Å². The second kappa shape index (κ2) is 4.55. The van der Waals surface area contributed by atoms with E-state index < -0.39 is 5.60 Å². The van der Waals surface area contributed by atoms with Crippen molar-refractivity contribution in [2.45, 2.75) is 33.3 Å². The number of anilines is 1. The zero-order chi connectivity index (χ0) is 12.3. The highest BCUT2D eigenvalue weighted by molar-refractivity contribution is 5.86.